The van der Waals surface area contributed by atoms with Gasteiger partial charge in [-0.1, -0.05) is 0 Å². The molecule has 6 heteroatoms. The van der Waals surface area contributed by atoms with Gasteiger partial charge in [0.2, 0.25) is 0 Å². The van der Waals surface area contributed by atoms with Gasteiger partial charge in [-0.15, -0.1) is 0 Å². The molecule has 0 atom stereocenters. The van der Waals surface area contributed by atoms with E-state index in [1.807, 2.05) is 16.9 Å². The molecule has 88 valence electrons. The predicted molar refractivity (Wildman–Crippen MR) is 58.4 cm³/mol. The second-order valence-corrected chi connectivity index (χ2v) is 4.10. The molecule has 1 amide bonds. The molecule has 3 heterocycles. The Morgan fingerprint density at radius 3 is 2.94 bits per heavy atom. The smallest absolute Gasteiger partial charge is 0.275 e. The number of rotatable bonds is 2. The first-order valence-electron chi connectivity index (χ1n) is 5.44. The molecule has 0 N–H and O–H groups in total. The fraction of sp³-hybridized carbons (Fsp3) is 0.364. The summed E-state index contributed by atoms with van der Waals surface area (Å²) in [5, 5.41) is 4.15. The first-order valence-corrected chi connectivity index (χ1v) is 5.44. The molecule has 0 aliphatic carbocycles. The molecule has 2 aromatic rings. The molecule has 0 aromatic carbocycles. The SMILES string of the molecule is Cc1nc(C(=O)N2CC(n3cccn3)C2)co1. The van der Waals surface area contributed by atoms with Gasteiger partial charge in [0.25, 0.3) is 5.91 Å². The van der Waals surface area contributed by atoms with E-state index in [4.69, 9.17) is 4.42 Å². The van der Waals surface area contributed by atoms with E-state index in [0.29, 0.717) is 24.7 Å². The predicted octanol–water partition coefficient (Wildman–Crippen LogP) is 0.877. The number of aromatic nitrogens is 3. The van der Waals surface area contributed by atoms with Crippen LogP contribution in [-0.2, 0) is 0 Å². The zero-order valence-corrected chi connectivity index (χ0v) is 9.41. The molecule has 1 aliphatic rings. The average Bonchev–Trinajstić information content (AvgIpc) is 2.86. The van der Waals surface area contributed by atoms with E-state index >= 15 is 0 Å². The molecule has 2 aromatic heterocycles. The van der Waals surface area contributed by atoms with Crippen molar-refractivity contribution in [1.29, 1.82) is 0 Å². The third kappa shape index (κ3) is 1.71. The highest BCUT2D eigenvalue weighted by atomic mass is 16.3. The molecule has 0 unspecified atom stereocenters. The highest BCUT2D eigenvalue weighted by Gasteiger charge is 2.33. The summed E-state index contributed by atoms with van der Waals surface area (Å²) < 4.78 is 6.90. The van der Waals surface area contributed by atoms with Crippen molar-refractivity contribution in [3.8, 4) is 0 Å². The highest BCUT2D eigenvalue weighted by molar-refractivity contribution is 5.92. The molecule has 3 rings (SSSR count). The Morgan fingerprint density at radius 1 is 1.53 bits per heavy atom. The fourth-order valence-corrected chi connectivity index (χ4v) is 1.91. The van der Waals surface area contributed by atoms with Crippen LogP contribution in [0.1, 0.15) is 22.4 Å². The summed E-state index contributed by atoms with van der Waals surface area (Å²) in [5.74, 6) is 0.433. The summed E-state index contributed by atoms with van der Waals surface area (Å²) in [4.78, 5) is 17.7. The van der Waals surface area contributed by atoms with Gasteiger partial charge in [0, 0.05) is 32.4 Å². The number of nitrogens with zero attached hydrogens (tertiary/aromatic N) is 4. The van der Waals surface area contributed by atoms with Gasteiger partial charge in [0.1, 0.15) is 6.26 Å². The first-order chi connectivity index (χ1) is 8.24. The van der Waals surface area contributed by atoms with Crippen LogP contribution in [-0.4, -0.2) is 38.7 Å². The zero-order valence-electron chi connectivity index (χ0n) is 9.41. The Balaban J connectivity index is 1.64. The van der Waals surface area contributed by atoms with Gasteiger partial charge >= 0.3 is 0 Å². The number of carbonyl (C=O) groups excluding carboxylic acids is 1. The Bertz CT molecular complexity index is 525. The van der Waals surface area contributed by atoms with Crippen LogP contribution in [0.2, 0.25) is 0 Å². The minimum atomic E-state index is -0.0785. The highest BCUT2D eigenvalue weighted by Crippen LogP contribution is 2.22. The Labute approximate surface area is 97.8 Å². The second kappa shape index (κ2) is 3.73. The van der Waals surface area contributed by atoms with E-state index in [1.165, 1.54) is 6.26 Å². The van der Waals surface area contributed by atoms with Crippen molar-refractivity contribution in [1.82, 2.24) is 19.7 Å². The molecular weight excluding hydrogens is 220 g/mol. The lowest BCUT2D eigenvalue weighted by Crippen LogP contribution is -2.50. The number of oxazole rings is 1. The summed E-state index contributed by atoms with van der Waals surface area (Å²) in [6.07, 6.45) is 5.05. The largest absolute Gasteiger partial charge is 0.448 e. The second-order valence-electron chi connectivity index (χ2n) is 4.10. The zero-order chi connectivity index (χ0) is 11.8. The Hall–Kier alpha value is -2.11. The summed E-state index contributed by atoms with van der Waals surface area (Å²) >= 11 is 0. The van der Waals surface area contributed by atoms with Crippen LogP contribution >= 0.6 is 0 Å². The first kappa shape index (κ1) is 10.1. The number of hydrogen-bond donors (Lipinski definition) is 0. The van der Waals surface area contributed by atoms with Gasteiger partial charge in [-0.05, 0) is 6.07 Å². The maximum absolute atomic E-state index is 11.9. The molecule has 1 aliphatic heterocycles. The van der Waals surface area contributed by atoms with Crippen LogP contribution < -0.4 is 0 Å². The van der Waals surface area contributed by atoms with Crippen molar-refractivity contribution < 1.29 is 9.21 Å². The van der Waals surface area contributed by atoms with E-state index in [-0.39, 0.29) is 11.9 Å². The Morgan fingerprint density at radius 2 is 2.35 bits per heavy atom. The van der Waals surface area contributed by atoms with E-state index < -0.39 is 0 Å². The topological polar surface area (TPSA) is 64.2 Å². The average molecular weight is 232 g/mol. The number of amides is 1. The lowest BCUT2D eigenvalue weighted by molar-refractivity contribution is 0.0495. The molecule has 0 saturated carbocycles. The van der Waals surface area contributed by atoms with Crippen LogP contribution in [0.3, 0.4) is 0 Å². The van der Waals surface area contributed by atoms with Crippen LogP contribution in [0.25, 0.3) is 0 Å². The normalized spacial score (nSPS) is 15.9. The van der Waals surface area contributed by atoms with Crippen molar-refractivity contribution in [2.75, 3.05) is 13.1 Å². The van der Waals surface area contributed by atoms with Crippen LogP contribution in [0, 0.1) is 6.92 Å². The lowest BCUT2D eigenvalue weighted by atomic mass is 10.1. The molecule has 17 heavy (non-hydrogen) atoms. The molecule has 0 radical (unpaired) electrons. The van der Waals surface area contributed by atoms with Crippen molar-refractivity contribution in [2.45, 2.75) is 13.0 Å². The van der Waals surface area contributed by atoms with Crippen molar-refractivity contribution in [3.63, 3.8) is 0 Å². The van der Waals surface area contributed by atoms with Crippen molar-refractivity contribution in [2.24, 2.45) is 0 Å². The summed E-state index contributed by atoms with van der Waals surface area (Å²) in [5.41, 5.74) is 0.376. The molecule has 1 saturated heterocycles. The van der Waals surface area contributed by atoms with Gasteiger partial charge in [0.05, 0.1) is 6.04 Å². The van der Waals surface area contributed by atoms with Crippen molar-refractivity contribution >= 4 is 5.91 Å². The molecule has 0 bridgehead atoms. The van der Waals surface area contributed by atoms with Gasteiger partial charge in [-0.25, -0.2) is 4.98 Å². The number of hydrogen-bond acceptors (Lipinski definition) is 4. The van der Waals surface area contributed by atoms with E-state index in [1.54, 1.807) is 18.0 Å². The third-order valence-corrected chi connectivity index (χ3v) is 2.89. The number of likely N-dealkylation sites (tertiary alicyclic amines) is 1. The number of carbonyl (C=O) groups is 1. The molecular formula is C11H12N4O2. The third-order valence-electron chi connectivity index (χ3n) is 2.89. The number of aryl methyl sites for hydroxylation is 1. The quantitative estimate of drug-likeness (QED) is 0.771. The standard InChI is InChI=1S/C11H12N4O2/c1-8-13-10(7-17-8)11(16)14-5-9(6-14)15-4-2-3-12-15/h2-4,7,9H,5-6H2,1H3. The maximum atomic E-state index is 11.9. The van der Waals surface area contributed by atoms with E-state index in [2.05, 4.69) is 10.1 Å². The van der Waals surface area contributed by atoms with Gasteiger partial charge < -0.3 is 9.32 Å². The minimum Gasteiger partial charge on any atom is -0.448 e. The van der Waals surface area contributed by atoms with Gasteiger partial charge in [-0.3, -0.25) is 9.48 Å². The lowest BCUT2D eigenvalue weighted by Gasteiger charge is -2.38. The minimum absolute atomic E-state index is 0.0785. The van der Waals surface area contributed by atoms with Crippen molar-refractivity contribution in [3.05, 3.63) is 36.3 Å². The van der Waals surface area contributed by atoms with Crippen LogP contribution in [0.5, 0.6) is 0 Å². The van der Waals surface area contributed by atoms with Gasteiger partial charge in [0.15, 0.2) is 11.6 Å². The van der Waals surface area contributed by atoms with Crippen LogP contribution in [0.4, 0.5) is 0 Å². The molecule has 0 spiro atoms. The van der Waals surface area contributed by atoms with E-state index in [9.17, 15) is 4.79 Å². The van der Waals surface area contributed by atoms with Crippen LogP contribution in [0.15, 0.2) is 29.1 Å². The monoisotopic (exact) mass is 232 g/mol. The van der Waals surface area contributed by atoms with E-state index in [0.717, 1.165) is 0 Å². The van der Waals surface area contributed by atoms with Gasteiger partial charge in [-0.2, -0.15) is 5.10 Å². The summed E-state index contributed by atoms with van der Waals surface area (Å²) in [7, 11) is 0. The fourth-order valence-electron chi connectivity index (χ4n) is 1.91. The molecule has 1 fully saturated rings. The maximum Gasteiger partial charge on any atom is 0.275 e. The Kier molecular flexibility index (Phi) is 2.21. The summed E-state index contributed by atoms with van der Waals surface area (Å²) in [6.45, 7) is 3.07. The molecule has 6 nitrogen and oxygen atoms in total. The summed E-state index contributed by atoms with van der Waals surface area (Å²) in [6, 6.07) is 2.16.